The van der Waals surface area contributed by atoms with E-state index in [0.717, 1.165) is 57.4 Å². The van der Waals surface area contributed by atoms with Crippen LogP contribution >= 0.6 is 17.0 Å². The monoisotopic (exact) mass is 837 g/mol. The first-order valence-electron chi connectivity index (χ1n) is 19.3. The number of carbonyl (C=O) groups is 2. The molecule has 0 saturated carbocycles. The predicted octanol–water partition coefficient (Wildman–Crippen LogP) is 12.0. The van der Waals surface area contributed by atoms with Gasteiger partial charge in [-0.3, -0.25) is 0 Å². The Morgan fingerprint density at radius 3 is 1.33 bits per heavy atom. The van der Waals surface area contributed by atoms with Crippen LogP contribution in [-0.4, -0.2) is 17.3 Å². The summed E-state index contributed by atoms with van der Waals surface area (Å²) in [6.07, 6.45) is 7.49. The summed E-state index contributed by atoms with van der Waals surface area (Å²) in [5.41, 5.74) is 18.9. The third kappa shape index (κ3) is 6.73. The van der Waals surface area contributed by atoms with E-state index < -0.39 is 27.9 Å². The van der Waals surface area contributed by atoms with Gasteiger partial charge in [-0.05, 0) is 0 Å². The van der Waals surface area contributed by atoms with Gasteiger partial charge in [0.15, 0.2) is 0 Å². The number of fused-ring (bicyclic) bond motifs is 2. The van der Waals surface area contributed by atoms with E-state index >= 15 is 0 Å². The molecule has 0 aromatic heterocycles. The molecule has 4 nitrogen and oxygen atoms in total. The Bertz CT molecular complexity index is 2070. The molecule has 2 aliphatic carbocycles. The average molecular weight is 840 g/mol. The molecule has 0 heterocycles. The SMILES string of the molecule is Cc1ccc(-c2cccc3c2C=C(CC(C)C)[CH]3[Zr]([Cl])([Cl])([B](NC=O)NC=O)[CH]2C(CC(C)C)=Cc3c(-c4ccc(C)c(C)c4C)cccc32)c(C)c1C. The molecule has 4 aromatic carbocycles. The van der Waals surface area contributed by atoms with Gasteiger partial charge in [-0.15, -0.1) is 0 Å². The summed E-state index contributed by atoms with van der Waals surface area (Å²) < 4.78 is -1.76. The normalized spacial score (nSPS) is 17.0. The van der Waals surface area contributed by atoms with Gasteiger partial charge in [0, 0.05) is 0 Å². The topological polar surface area (TPSA) is 58.2 Å². The fraction of sp³-hybridized carbons (Fsp3) is 0.348. The number of benzene rings is 4. The number of halogens is 2. The van der Waals surface area contributed by atoms with Crippen LogP contribution < -0.4 is 10.5 Å². The van der Waals surface area contributed by atoms with E-state index in [1.54, 1.807) is 0 Å². The van der Waals surface area contributed by atoms with Crippen molar-refractivity contribution in [2.75, 3.05) is 0 Å². The Hall–Kier alpha value is -3.17. The summed E-state index contributed by atoms with van der Waals surface area (Å²) in [4.78, 5) is 25.2. The molecule has 0 radical (unpaired) electrons. The van der Waals surface area contributed by atoms with Gasteiger partial charge in [0.25, 0.3) is 0 Å². The second-order valence-corrected chi connectivity index (χ2v) is 38.1. The minimum absolute atomic E-state index is 0.310. The molecule has 2 aliphatic rings. The van der Waals surface area contributed by atoms with Crippen molar-refractivity contribution in [2.24, 2.45) is 11.8 Å². The van der Waals surface area contributed by atoms with Gasteiger partial charge < -0.3 is 0 Å². The van der Waals surface area contributed by atoms with Crippen LogP contribution in [-0.2, 0) is 25.8 Å². The second-order valence-electron chi connectivity index (χ2n) is 16.7. The van der Waals surface area contributed by atoms with Gasteiger partial charge in [0.1, 0.15) is 0 Å². The molecule has 281 valence electrons. The van der Waals surface area contributed by atoms with E-state index in [1.165, 1.54) is 44.5 Å². The molecule has 2 unspecified atom stereocenters. The Morgan fingerprint density at radius 1 is 0.593 bits per heavy atom. The summed E-state index contributed by atoms with van der Waals surface area (Å²) in [7, 11) is 17.5. The predicted molar refractivity (Wildman–Crippen MR) is 228 cm³/mol. The van der Waals surface area contributed by atoms with Crippen LogP contribution in [0.5, 0.6) is 0 Å². The van der Waals surface area contributed by atoms with Gasteiger partial charge >= 0.3 is 334 Å². The number of aryl methyl sites for hydroxylation is 2. The van der Waals surface area contributed by atoms with Gasteiger partial charge in [-0.1, -0.05) is 0 Å². The number of carbonyl (C=O) groups excluding carboxylic acids is 2. The molecule has 0 fully saturated rings. The molecule has 8 heteroatoms. The maximum atomic E-state index is 12.6. The van der Waals surface area contributed by atoms with Crippen molar-refractivity contribution in [2.45, 2.75) is 89.3 Å². The third-order valence-corrected chi connectivity index (χ3v) is 32.5. The van der Waals surface area contributed by atoms with Crippen LogP contribution in [0.2, 0.25) is 0 Å². The molecular weight excluding hydrogens is 785 g/mol. The molecular formula is C46H54BCl2N2O2Zr. The van der Waals surface area contributed by atoms with E-state index in [2.05, 4.69) is 153 Å². The summed E-state index contributed by atoms with van der Waals surface area (Å²) in [5, 5.41) is 6.04. The second kappa shape index (κ2) is 15.4. The molecule has 2 atom stereocenters. The zero-order valence-electron chi connectivity index (χ0n) is 33.5. The molecule has 0 spiro atoms. The number of amides is 2. The zero-order valence-corrected chi connectivity index (χ0v) is 37.4. The number of hydrogen-bond acceptors (Lipinski definition) is 2. The number of hydrogen-bond donors (Lipinski definition) is 2. The minimum atomic E-state index is -5.92. The maximum absolute atomic E-state index is 12.6. The fourth-order valence-corrected chi connectivity index (χ4v) is 30.1. The van der Waals surface area contributed by atoms with Gasteiger partial charge in [-0.2, -0.15) is 0 Å². The Morgan fingerprint density at radius 2 is 0.981 bits per heavy atom. The van der Waals surface area contributed by atoms with Crippen molar-refractivity contribution in [3.05, 3.63) is 127 Å². The summed E-state index contributed by atoms with van der Waals surface area (Å²) in [6.45, 7) is 22.0. The van der Waals surface area contributed by atoms with E-state index in [0.29, 0.717) is 24.7 Å². The van der Waals surface area contributed by atoms with Crippen LogP contribution in [0.15, 0.2) is 71.8 Å². The summed E-state index contributed by atoms with van der Waals surface area (Å²) >= 11 is -5.92. The summed E-state index contributed by atoms with van der Waals surface area (Å²) in [5.74, 6) is 0.620. The van der Waals surface area contributed by atoms with Crippen molar-refractivity contribution in [1.82, 2.24) is 10.5 Å². The van der Waals surface area contributed by atoms with Crippen molar-refractivity contribution >= 4 is 46.5 Å². The Kier molecular flexibility index (Phi) is 11.5. The van der Waals surface area contributed by atoms with Crippen LogP contribution in [0.3, 0.4) is 0 Å². The number of nitrogens with one attached hydrogen (secondary N) is 2. The van der Waals surface area contributed by atoms with Crippen molar-refractivity contribution in [3.8, 4) is 22.3 Å². The number of allylic oxidation sites excluding steroid dienone is 2. The quantitative estimate of drug-likeness (QED) is 0.104. The van der Waals surface area contributed by atoms with Gasteiger partial charge in [0.2, 0.25) is 0 Å². The van der Waals surface area contributed by atoms with E-state index in [-0.39, 0.29) is 0 Å². The first kappa shape index (κ1) is 40.5. The molecule has 2 N–H and O–H groups in total. The zero-order chi connectivity index (χ0) is 39.3. The third-order valence-electron chi connectivity index (χ3n) is 12.4. The van der Waals surface area contributed by atoms with Gasteiger partial charge in [-0.25, -0.2) is 0 Å². The molecule has 0 aliphatic heterocycles. The molecule has 54 heavy (non-hydrogen) atoms. The summed E-state index contributed by atoms with van der Waals surface area (Å²) in [6, 6.07) is 21.8. The average Bonchev–Trinajstić information content (AvgIpc) is 3.68. The first-order valence-corrected chi connectivity index (χ1v) is 29.9. The Balaban J connectivity index is 1.70. The van der Waals surface area contributed by atoms with Crippen LogP contribution in [0, 0.1) is 53.4 Å². The molecule has 2 amide bonds. The fourth-order valence-electron chi connectivity index (χ4n) is 9.50. The van der Waals surface area contributed by atoms with E-state index in [1.807, 2.05) is 0 Å². The van der Waals surface area contributed by atoms with Crippen LogP contribution in [0.4, 0.5) is 0 Å². The van der Waals surface area contributed by atoms with Crippen molar-refractivity contribution in [3.63, 3.8) is 0 Å². The molecule has 0 saturated heterocycles. The molecule has 6 rings (SSSR count). The standard InChI is InChI=1S/2C22H25.C2H3BN2O2.2ClH.Zr/c2*1-14(2)11-18-12-19-7-6-8-21(22(19)13-18)20-10-9-15(3)16(4)17(20)5;6-1-4-3-5-2-7;;;/h2*6-10,12-14H,11H2,1-5H3;1-2H,(H-,4,5,6,7);2*1H;/q;;;;;+1/p-1. The first-order chi connectivity index (χ1) is 25.5. The Labute approximate surface area is 331 Å². The number of rotatable bonds is 13. The van der Waals surface area contributed by atoms with Crippen LogP contribution in [0.1, 0.15) is 103 Å². The van der Waals surface area contributed by atoms with Crippen molar-refractivity contribution < 1.29 is 25.8 Å². The van der Waals surface area contributed by atoms with E-state index in [9.17, 15) is 9.59 Å². The van der Waals surface area contributed by atoms with Crippen molar-refractivity contribution in [1.29, 1.82) is 0 Å². The van der Waals surface area contributed by atoms with Crippen LogP contribution in [0.25, 0.3) is 34.4 Å². The van der Waals surface area contributed by atoms with E-state index in [4.69, 9.17) is 17.0 Å². The molecule has 0 bridgehead atoms. The van der Waals surface area contributed by atoms with Gasteiger partial charge in [0.05, 0.1) is 0 Å². The molecule has 4 aromatic rings.